The first kappa shape index (κ1) is 15.1. The zero-order chi connectivity index (χ0) is 17.8. The molecule has 0 radical (unpaired) electrons. The molecular weight excluding hydrogens is 344 g/mol. The summed E-state index contributed by atoms with van der Waals surface area (Å²) in [6.45, 7) is 0. The molecule has 0 bridgehead atoms. The summed E-state index contributed by atoms with van der Waals surface area (Å²) < 4.78 is 3.58. The van der Waals surface area contributed by atoms with Crippen LogP contribution in [-0.4, -0.2) is 9.13 Å². The highest BCUT2D eigenvalue weighted by Crippen LogP contribution is 2.28. The molecule has 0 atom stereocenters. The normalized spacial score (nSPS) is 13.2. The lowest BCUT2D eigenvalue weighted by Crippen LogP contribution is -2.27. The van der Waals surface area contributed by atoms with Gasteiger partial charge < -0.3 is 4.57 Å². The monoisotopic (exact) mass is 358 g/mol. The summed E-state index contributed by atoms with van der Waals surface area (Å²) in [5.41, 5.74) is 2.71. The number of pyridine rings is 2. The van der Waals surface area contributed by atoms with E-state index >= 15 is 0 Å². The lowest BCUT2D eigenvalue weighted by Gasteiger charge is -2.18. The number of aromatic nitrogens is 2. The highest BCUT2D eigenvalue weighted by atomic mass is 32.1. The number of hydrogen-bond acceptors (Lipinski definition) is 3. The number of rotatable bonds is 2. The van der Waals surface area contributed by atoms with E-state index in [1.165, 1.54) is 11.3 Å². The number of allylic oxidation sites excluding steroid dienone is 4. The molecule has 1 aromatic carbocycles. The van der Waals surface area contributed by atoms with Crippen LogP contribution in [0.2, 0.25) is 0 Å². The molecule has 0 spiro atoms. The zero-order valence-electron chi connectivity index (χ0n) is 14.0. The van der Waals surface area contributed by atoms with Crippen molar-refractivity contribution in [3.8, 4) is 5.69 Å². The molecule has 5 rings (SSSR count). The van der Waals surface area contributed by atoms with Gasteiger partial charge in [0, 0.05) is 12.7 Å². The van der Waals surface area contributed by atoms with E-state index in [0.29, 0.717) is 10.9 Å². The minimum Gasteiger partial charge on any atom is -0.335 e. The third-order valence-corrected chi connectivity index (χ3v) is 5.82. The van der Waals surface area contributed by atoms with Crippen molar-refractivity contribution in [2.24, 2.45) is 7.05 Å². The van der Waals surface area contributed by atoms with E-state index in [1.54, 1.807) is 10.6 Å². The summed E-state index contributed by atoms with van der Waals surface area (Å²) >= 11 is 1.51. The van der Waals surface area contributed by atoms with E-state index < -0.39 is 0 Å². The molecule has 126 valence electrons. The molecule has 4 nitrogen and oxygen atoms in total. The van der Waals surface area contributed by atoms with Gasteiger partial charge in [-0.3, -0.25) is 14.2 Å². The third-order valence-electron chi connectivity index (χ3n) is 4.83. The molecule has 1 aliphatic carbocycles. The quantitative estimate of drug-likeness (QED) is 0.546. The zero-order valence-corrected chi connectivity index (χ0v) is 14.8. The Morgan fingerprint density at radius 3 is 2.50 bits per heavy atom. The first-order valence-electron chi connectivity index (χ1n) is 8.27. The molecule has 0 amide bonds. The number of hydrogen-bond donors (Lipinski definition) is 0. The van der Waals surface area contributed by atoms with Gasteiger partial charge in [-0.05, 0) is 35.2 Å². The van der Waals surface area contributed by atoms with Gasteiger partial charge in [0.1, 0.15) is 10.2 Å². The van der Waals surface area contributed by atoms with Crippen LogP contribution < -0.4 is 11.0 Å². The second-order valence-corrected chi connectivity index (χ2v) is 7.17. The molecular formula is C21H14N2O2S. The predicted molar refractivity (Wildman–Crippen MR) is 107 cm³/mol. The number of thiophene rings is 1. The summed E-state index contributed by atoms with van der Waals surface area (Å²) in [6, 6.07) is 13.2. The highest BCUT2D eigenvalue weighted by Gasteiger charge is 2.20. The van der Waals surface area contributed by atoms with Gasteiger partial charge in [0.15, 0.2) is 0 Å². The van der Waals surface area contributed by atoms with Crippen LogP contribution in [0.1, 0.15) is 5.69 Å². The van der Waals surface area contributed by atoms with Crippen molar-refractivity contribution >= 4 is 38.0 Å². The Labute approximate surface area is 152 Å². The van der Waals surface area contributed by atoms with Crippen molar-refractivity contribution in [1.82, 2.24) is 9.13 Å². The molecule has 0 aliphatic heterocycles. The van der Waals surface area contributed by atoms with E-state index in [2.05, 4.69) is 0 Å². The van der Waals surface area contributed by atoms with Gasteiger partial charge in [0.2, 0.25) is 5.43 Å². The number of benzene rings is 1. The van der Waals surface area contributed by atoms with Gasteiger partial charge in [0.05, 0.1) is 16.6 Å². The van der Waals surface area contributed by atoms with E-state index in [9.17, 15) is 9.59 Å². The summed E-state index contributed by atoms with van der Waals surface area (Å²) in [4.78, 5) is 27.3. The summed E-state index contributed by atoms with van der Waals surface area (Å²) in [7, 11) is 1.90. The smallest absolute Gasteiger partial charge is 0.268 e. The second-order valence-electron chi connectivity index (χ2n) is 6.27. The number of nitrogens with zero attached hydrogens (tertiary/aromatic N) is 2. The van der Waals surface area contributed by atoms with Gasteiger partial charge in [-0.25, -0.2) is 0 Å². The minimum atomic E-state index is -0.279. The molecule has 3 heterocycles. The van der Waals surface area contributed by atoms with Crippen LogP contribution in [0.15, 0.2) is 75.7 Å². The number of para-hydroxylation sites is 1. The van der Waals surface area contributed by atoms with Gasteiger partial charge in [0.25, 0.3) is 5.56 Å². The molecule has 0 fully saturated rings. The fourth-order valence-electron chi connectivity index (χ4n) is 3.46. The molecule has 0 unspecified atom stereocenters. The first-order valence-corrected chi connectivity index (χ1v) is 9.15. The average Bonchev–Trinajstić information content (AvgIpc) is 3.09. The van der Waals surface area contributed by atoms with Crippen molar-refractivity contribution in [2.75, 3.05) is 0 Å². The molecule has 1 aliphatic rings. The molecule has 0 saturated heterocycles. The average molecular weight is 358 g/mol. The van der Waals surface area contributed by atoms with Gasteiger partial charge in [-0.2, -0.15) is 0 Å². The van der Waals surface area contributed by atoms with Crippen molar-refractivity contribution in [3.05, 3.63) is 92.3 Å². The Bertz CT molecular complexity index is 1370. The molecule has 3 aromatic heterocycles. The van der Waals surface area contributed by atoms with Gasteiger partial charge >= 0.3 is 0 Å². The standard InChI is InChI=1S/C21H14N2O2S/c1-22-17-12-16(13-6-5-7-13)23(14-8-3-2-4-9-14)20(25)18(17)19(24)15-10-11-26-21(15)22/h2-12H,1H3. The topological polar surface area (TPSA) is 44.0 Å². The Hall–Kier alpha value is -3.18. The Balaban J connectivity index is 2.02. The fraction of sp³-hybridized carbons (Fsp3) is 0.0476. The molecule has 0 saturated carbocycles. The van der Waals surface area contributed by atoms with Crippen LogP contribution in [0.3, 0.4) is 0 Å². The van der Waals surface area contributed by atoms with Crippen LogP contribution >= 0.6 is 11.3 Å². The summed E-state index contributed by atoms with van der Waals surface area (Å²) in [5, 5.41) is 2.71. The molecule has 5 heteroatoms. The molecule has 0 N–H and O–H groups in total. The minimum absolute atomic E-state index is 0.200. The van der Waals surface area contributed by atoms with Crippen molar-refractivity contribution < 1.29 is 0 Å². The van der Waals surface area contributed by atoms with Gasteiger partial charge in [-0.1, -0.05) is 36.4 Å². The molecule has 4 aromatic rings. The van der Waals surface area contributed by atoms with Crippen LogP contribution in [0.25, 0.3) is 32.4 Å². The maximum atomic E-state index is 13.4. The third kappa shape index (κ3) is 1.95. The van der Waals surface area contributed by atoms with E-state index in [0.717, 1.165) is 21.8 Å². The summed E-state index contributed by atoms with van der Waals surface area (Å²) in [6.07, 6.45) is 5.89. The van der Waals surface area contributed by atoms with Crippen LogP contribution in [-0.2, 0) is 7.05 Å². The number of fused-ring (bicyclic) bond motifs is 2. The first-order chi connectivity index (χ1) is 12.7. The Morgan fingerprint density at radius 2 is 1.81 bits per heavy atom. The maximum Gasteiger partial charge on any atom is 0.268 e. The SMILES string of the molecule is Cn1c2cc(C3=CC=C3)n(-c3ccccc3)c(=O)c2c(=O)c2ccsc21. The number of aryl methyl sites for hydroxylation is 1. The molecule has 26 heavy (non-hydrogen) atoms. The van der Waals surface area contributed by atoms with Crippen molar-refractivity contribution in [3.63, 3.8) is 0 Å². The largest absolute Gasteiger partial charge is 0.335 e. The Kier molecular flexibility index (Phi) is 3.14. The van der Waals surface area contributed by atoms with Gasteiger partial charge in [-0.15, -0.1) is 11.3 Å². The fourth-order valence-corrected chi connectivity index (χ4v) is 4.34. The second kappa shape index (κ2) is 5.41. The highest BCUT2D eigenvalue weighted by molar-refractivity contribution is 7.16. The lowest BCUT2D eigenvalue weighted by atomic mass is 10.0. The Morgan fingerprint density at radius 1 is 1.04 bits per heavy atom. The van der Waals surface area contributed by atoms with Crippen LogP contribution in [0.4, 0.5) is 0 Å². The predicted octanol–water partition coefficient (Wildman–Crippen LogP) is 3.86. The van der Waals surface area contributed by atoms with Crippen LogP contribution in [0.5, 0.6) is 0 Å². The summed E-state index contributed by atoms with van der Waals surface area (Å²) in [5.74, 6) is 0. The van der Waals surface area contributed by atoms with Crippen molar-refractivity contribution in [2.45, 2.75) is 0 Å². The van der Waals surface area contributed by atoms with E-state index in [1.807, 2.05) is 71.6 Å². The van der Waals surface area contributed by atoms with Crippen molar-refractivity contribution in [1.29, 1.82) is 0 Å². The van der Waals surface area contributed by atoms with E-state index in [4.69, 9.17) is 0 Å². The van der Waals surface area contributed by atoms with Crippen LogP contribution in [0, 0.1) is 0 Å². The van der Waals surface area contributed by atoms with E-state index in [-0.39, 0.29) is 16.4 Å². The maximum absolute atomic E-state index is 13.4. The lowest BCUT2D eigenvalue weighted by molar-refractivity contribution is 0.959.